The molecule has 1 aromatic carbocycles. The fourth-order valence-corrected chi connectivity index (χ4v) is 5.89. The molecule has 1 N–H and O–H groups in total. The van der Waals surface area contributed by atoms with Crippen LogP contribution in [-0.2, 0) is 9.53 Å². The second-order valence-electron chi connectivity index (χ2n) is 10.2. The van der Waals surface area contributed by atoms with Crippen molar-refractivity contribution in [3.8, 4) is 5.75 Å². The van der Waals surface area contributed by atoms with Crippen molar-refractivity contribution in [2.24, 2.45) is 5.92 Å². The van der Waals surface area contributed by atoms with E-state index in [2.05, 4.69) is 10.2 Å². The highest BCUT2D eigenvalue weighted by atomic mass is 16.5. The van der Waals surface area contributed by atoms with E-state index in [4.69, 9.17) is 9.47 Å². The molecule has 2 saturated heterocycles. The van der Waals surface area contributed by atoms with Crippen molar-refractivity contribution >= 4 is 11.8 Å². The zero-order valence-electron chi connectivity index (χ0n) is 21.4. The van der Waals surface area contributed by atoms with Crippen LogP contribution in [0.15, 0.2) is 24.3 Å². The molecule has 0 bridgehead atoms. The van der Waals surface area contributed by atoms with Gasteiger partial charge in [-0.2, -0.15) is 0 Å². The van der Waals surface area contributed by atoms with Crippen LogP contribution >= 0.6 is 0 Å². The highest BCUT2D eigenvalue weighted by Crippen LogP contribution is 2.30. The molecule has 4 rings (SSSR count). The highest BCUT2D eigenvalue weighted by Gasteiger charge is 2.44. The van der Waals surface area contributed by atoms with E-state index < -0.39 is 6.04 Å². The number of piperazine rings is 1. The largest absolute Gasteiger partial charge is 0.497 e. The number of nitrogens with zero attached hydrogens (tertiary/aromatic N) is 3. The topological polar surface area (TPSA) is 74.4 Å². The van der Waals surface area contributed by atoms with E-state index in [1.54, 1.807) is 20.3 Å². The van der Waals surface area contributed by atoms with Gasteiger partial charge in [0.25, 0.3) is 5.91 Å². The Hall–Kier alpha value is -2.16. The standard InChI is InChI=1S/C27H42N4O4/c1-34-16-15-30(19-21-7-4-3-5-8-21)23-18-25(27(33)29-13-11-28-12-14-29)31(20-23)26(32)22-9-6-10-24(17-22)35-2/h6,9-10,17,21,23,25,28H,3-5,7-8,11-16,18-20H2,1-2H3. The summed E-state index contributed by atoms with van der Waals surface area (Å²) in [7, 11) is 3.34. The predicted molar refractivity (Wildman–Crippen MR) is 136 cm³/mol. The average molecular weight is 487 g/mol. The lowest BCUT2D eigenvalue weighted by atomic mass is 9.88. The van der Waals surface area contributed by atoms with Crippen molar-refractivity contribution in [1.82, 2.24) is 20.0 Å². The minimum absolute atomic E-state index is 0.0783. The zero-order valence-corrected chi connectivity index (χ0v) is 21.4. The first kappa shape index (κ1) is 25.9. The molecule has 0 aromatic heterocycles. The second-order valence-corrected chi connectivity index (χ2v) is 10.2. The molecule has 35 heavy (non-hydrogen) atoms. The van der Waals surface area contributed by atoms with Gasteiger partial charge in [0.1, 0.15) is 11.8 Å². The van der Waals surface area contributed by atoms with Gasteiger partial charge in [-0.25, -0.2) is 0 Å². The quantitative estimate of drug-likeness (QED) is 0.577. The Morgan fingerprint density at radius 1 is 1.11 bits per heavy atom. The fourth-order valence-electron chi connectivity index (χ4n) is 5.89. The first-order valence-electron chi connectivity index (χ1n) is 13.3. The fraction of sp³-hybridized carbons (Fsp3) is 0.704. The lowest BCUT2D eigenvalue weighted by Gasteiger charge is -2.33. The molecule has 0 radical (unpaired) electrons. The first-order chi connectivity index (χ1) is 17.1. The summed E-state index contributed by atoms with van der Waals surface area (Å²) in [5.74, 6) is 1.32. The highest BCUT2D eigenvalue weighted by molar-refractivity contribution is 5.98. The molecule has 8 heteroatoms. The number of likely N-dealkylation sites (tertiary alicyclic amines) is 1. The van der Waals surface area contributed by atoms with Crippen LogP contribution in [0.5, 0.6) is 5.75 Å². The summed E-state index contributed by atoms with van der Waals surface area (Å²) < 4.78 is 10.8. The van der Waals surface area contributed by atoms with E-state index in [9.17, 15) is 9.59 Å². The van der Waals surface area contributed by atoms with Gasteiger partial charge in [-0.05, 0) is 43.4 Å². The lowest BCUT2D eigenvalue weighted by molar-refractivity contribution is -0.135. The van der Waals surface area contributed by atoms with Crippen LogP contribution in [0.2, 0.25) is 0 Å². The minimum atomic E-state index is -0.437. The number of hydrogen-bond donors (Lipinski definition) is 1. The first-order valence-corrected chi connectivity index (χ1v) is 13.3. The number of carbonyl (C=O) groups is 2. The van der Waals surface area contributed by atoms with Crippen molar-refractivity contribution in [1.29, 1.82) is 0 Å². The summed E-state index contributed by atoms with van der Waals surface area (Å²) in [5, 5.41) is 3.32. The molecule has 8 nitrogen and oxygen atoms in total. The second kappa shape index (κ2) is 12.7. The van der Waals surface area contributed by atoms with Crippen LogP contribution < -0.4 is 10.1 Å². The van der Waals surface area contributed by atoms with Crippen LogP contribution in [-0.4, -0.2) is 105 Å². The number of methoxy groups -OCH3 is 2. The Morgan fingerprint density at radius 2 is 1.89 bits per heavy atom. The van der Waals surface area contributed by atoms with Gasteiger partial charge in [0.2, 0.25) is 5.91 Å². The summed E-state index contributed by atoms with van der Waals surface area (Å²) in [6.07, 6.45) is 7.16. The third kappa shape index (κ3) is 6.54. The van der Waals surface area contributed by atoms with Gasteiger partial charge in [-0.3, -0.25) is 14.5 Å². The van der Waals surface area contributed by atoms with Crippen LogP contribution in [0, 0.1) is 5.92 Å². The van der Waals surface area contributed by atoms with Crippen molar-refractivity contribution < 1.29 is 19.1 Å². The molecule has 2 atom stereocenters. The van der Waals surface area contributed by atoms with Gasteiger partial charge in [-0.1, -0.05) is 25.3 Å². The van der Waals surface area contributed by atoms with Gasteiger partial charge < -0.3 is 24.6 Å². The molecule has 2 amide bonds. The molecule has 1 saturated carbocycles. The number of rotatable bonds is 9. The Bertz CT molecular complexity index is 838. The minimum Gasteiger partial charge on any atom is -0.497 e. The Balaban J connectivity index is 1.56. The molecule has 1 aromatic rings. The Kier molecular flexibility index (Phi) is 9.40. The summed E-state index contributed by atoms with van der Waals surface area (Å²) in [4.78, 5) is 33.7. The maximum absolute atomic E-state index is 13.7. The molecule has 2 heterocycles. The number of nitrogens with one attached hydrogen (secondary N) is 1. The third-order valence-electron chi connectivity index (χ3n) is 7.89. The van der Waals surface area contributed by atoms with Gasteiger partial charge in [0.15, 0.2) is 0 Å². The van der Waals surface area contributed by atoms with Crippen LogP contribution in [0.1, 0.15) is 48.9 Å². The number of hydrogen-bond acceptors (Lipinski definition) is 6. The number of benzene rings is 1. The van der Waals surface area contributed by atoms with Crippen LogP contribution in [0.25, 0.3) is 0 Å². The van der Waals surface area contributed by atoms with E-state index in [0.717, 1.165) is 26.2 Å². The SMILES string of the molecule is COCCN(CC1CCCCC1)C1CC(C(=O)N2CCNCC2)N(C(=O)c2cccc(OC)c2)C1. The average Bonchev–Trinajstić information content (AvgIpc) is 3.36. The third-order valence-corrected chi connectivity index (χ3v) is 7.89. The van der Waals surface area contributed by atoms with Crippen molar-refractivity contribution in [2.45, 2.75) is 50.6 Å². The lowest BCUT2D eigenvalue weighted by Crippen LogP contribution is -2.53. The Labute approximate surface area is 209 Å². The molecule has 3 aliphatic rings. The molecule has 194 valence electrons. The maximum Gasteiger partial charge on any atom is 0.254 e. The van der Waals surface area contributed by atoms with Crippen molar-refractivity contribution in [2.75, 3.05) is 66.6 Å². The molecule has 1 aliphatic carbocycles. The summed E-state index contributed by atoms with van der Waals surface area (Å²) in [6.45, 7) is 6.05. The van der Waals surface area contributed by atoms with Gasteiger partial charge in [-0.15, -0.1) is 0 Å². The molecule has 0 spiro atoms. The molecular formula is C27H42N4O4. The number of amides is 2. The molecule has 2 unspecified atom stereocenters. The smallest absolute Gasteiger partial charge is 0.254 e. The number of ether oxygens (including phenoxy) is 2. The van der Waals surface area contributed by atoms with Crippen LogP contribution in [0.3, 0.4) is 0 Å². The van der Waals surface area contributed by atoms with Crippen molar-refractivity contribution in [3.63, 3.8) is 0 Å². The number of carbonyl (C=O) groups excluding carboxylic acids is 2. The van der Waals surface area contributed by atoms with E-state index in [0.29, 0.717) is 49.9 Å². The maximum atomic E-state index is 13.7. The van der Waals surface area contributed by atoms with Gasteiger partial charge in [0.05, 0.1) is 13.7 Å². The van der Waals surface area contributed by atoms with E-state index in [-0.39, 0.29) is 17.9 Å². The molecule has 3 fully saturated rings. The molecule has 2 aliphatic heterocycles. The normalized spacial score (nSPS) is 23.6. The Morgan fingerprint density at radius 3 is 2.60 bits per heavy atom. The summed E-state index contributed by atoms with van der Waals surface area (Å²) in [5.41, 5.74) is 0.568. The van der Waals surface area contributed by atoms with Crippen LogP contribution in [0.4, 0.5) is 0 Å². The monoisotopic (exact) mass is 486 g/mol. The summed E-state index contributed by atoms with van der Waals surface area (Å²) in [6, 6.07) is 6.97. The van der Waals surface area contributed by atoms with Gasteiger partial charge in [0, 0.05) is 64.5 Å². The van der Waals surface area contributed by atoms with E-state index >= 15 is 0 Å². The van der Waals surface area contributed by atoms with E-state index in [1.165, 1.54) is 32.1 Å². The van der Waals surface area contributed by atoms with E-state index in [1.807, 2.05) is 28.0 Å². The zero-order chi connectivity index (χ0) is 24.6. The molecular weight excluding hydrogens is 444 g/mol. The summed E-state index contributed by atoms with van der Waals surface area (Å²) >= 11 is 0. The van der Waals surface area contributed by atoms with Gasteiger partial charge >= 0.3 is 0 Å². The van der Waals surface area contributed by atoms with Crippen molar-refractivity contribution in [3.05, 3.63) is 29.8 Å². The predicted octanol–water partition coefficient (Wildman–Crippen LogP) is 2.24.